The van der Waals surface area contributed by atoms with E-state index in [9.17, 15) is 4.79 Å². The zero-order valence-electron chi connectivity index (χ0n) is 17.1. The lowest BCUT2D eigenvalue weighted by Gasteiger charge is -2.51. The fourth-order valence-corrected chi connectivity index (χ4v) is 6.82. The van der Waals surface area contributed by atoms with Crippen molar-refractivity contribution in [1.29, 1.82) is 0 Å². The molecule has 5 aliphatic rings. The molecule has 7 heteroatoms. The number of morpholine rings is 1. The van der Waals surface area contributed by atoms with Crippen molar-refractivity contribution < 1.29 is 14.3 Å². The van der Waals surface area contributed by atoms with Crippen LogP contribution in [0.4, 0.5) is 0 Å². The van der Waals surface area contributed by atoms with Crippen LogP contribution in [-0.2, 0) is 20.8 Å². The van der Waals surface area contributed by atoms with Crippen molar-refractivity contribution in [2.75, 3.05) is 26.2 Å². The van der Waals surface area contributed by atoms with Crippen molar-refractivity contribution in [3.05, 3.63) is 18.5 Å². The molecule has 6 heterocycles. The summed E-state index contributed by atoms with van der Waals surface area (Å²) in [6.07, 6.45) is 12.1. The maximum Gasteiger partial charge on any atom is 0.228 e. The van der Waals surface area contributed by atoms with Gasteiger partial charge in [-0.3, -0.25) is 14.4 Å². The Bertz CT molecular complexity index is 739. The molecule has 4 bridgehead atoms. The Morgan fingerprint density at radius 1 is 1.14 bits per heavy atom. The topological polar surface area (TPSA) is 59.8 Å². The highest BCUT2D eigenvalue weighted by molar-refractivity contribution is 5.80. The molecule has 1 spiro atoms. The third-order valence-corrected chi connectivity index (χ3v) is 8.12. The van der Waals surface area contributed by atoms with Gasteiger partial charge in [-0.15, -0.1) is 0 Å². The first-order valence-electron chi connectivity index (χ1n) is 11.5. The van der Waals surface area contributed by atoms with E-state index < -0.39 is 0 Å². The van der Waals surface area contributed by atoms with E-state index in [1.165, 1.54) is 12.8 Å². The minimum absolute atomic E-state index is 0.0924. The average Bonchev–Trinajstić information content (AvgIpc) is 3.51. The van der Waals surface area contributed by atoms with E-state index in [1.807, 2.05) is 23.1 Å². The van der Waals surface area contributed by atoms with Crippen LogP contribution in [0, 0.1) is 5.92 Å². The second-order valence-corrected chi connectivity index (χ2v) is 9.81. The molecule has 5 aliphatic heterocycles. The molecule has 5 fully saturated rings. The summed E-state index contributed by atoms with van der Waals surface area (Å²) in [7, 11) is 0. The maximum atomic E-state index is 13.3. The van der Waals surface area contributed by atoms with E-state index in [4.69, 9.17) is 9.47 Å². The van der Waals surface area contributed by atoms with Gasteiger partial charge in [-0.25, -0.2) is 0 Å². The summed E-state index contributed by atoms with van der Waals surface area (Å²) in [5.74, 6) is 0.420. The van der Waals surface area contributed by atoms with Crippen molar-refractivity contribution >= 4 is 5.91 Å². The van der Waals surface area contributed by atoms with Crippen LogP contribution in [0.1, 0.15) is 44.9 Å². The molecule has 158 valence electrons. The highest BCUT2D eigenvalue weighted by atomic mass is 16.5. The van der Waals surface area contributed by atoms with Gasteiger partial charge in [0.1, 0.15) is 0 Å². The van der Waals surface area contributed by atoms with Crippen LogP contribution in [-0.4, -0.2) is 81.6 Å². The van der Waals surface area contributed by atoms with E-state index >= 15 is 0 Å². The maximum absolute atomic E-state index is 13.3. The SMILES string of the molecule is O=C([C@H]1C[C@@H]2CC[C@H]1O2)N1CCOC2(C[C@H]3CC[C@@H](C2)N3CCn2cccn2)C1. The zero-order valence-corrected chi connectivity index (χ0v) is 17.1. The number of nitrogens with zero attached hydrogens (tertiary/aromatic N) is 4. The summed E-state index contributed by atoms with van der Waals surface area (Å²) in [6, 6.07) is 3.14. The van der Waals surface area contributed by atoms with Gasteiger partial charge in [0, 0.05) is 44.1 Å². The van der Waals surface area contributed by atoms with Gasteiger partial charge >= 0.3 is 0 Å². The molecule has 0 aliphatic carbocycles. The van der Waals surface area contributed by atoms with E-state index in [0.29, 0.717) is 30.7 Å². The molecular weight excluding hydrogens is 368 g/mol. The number of rotatable bonds is 4. The highest BCUT2D eigenvalue weighted by Crippen LogP contribution is 2.45. The summed E-state index contributed by atoms with van der Waals surface area (Å²) in [5.41, 5.74) is -0.138. The Hall–Kier alpha value is -1.44. The lowest BCUT2D eigenvalue weighted by atomic mass is 9.83. The number of amides is 1. The summed E-state index contributed by atoms with van der Waals surface area (Å²) in [4.78, 5) is 18.1. The summed E-state index contributed by atoms with van der Waals surface area (Å²) < 4.78 is 14.4. The predicted octanol–water partition coefficient (Wildman–Crippen LogP) is 1.68. The van der Waals surface area contributed by atoms with E-state index in [0.717, 1.165) is 58.3 Å². The Balaban J connectivity index is 1.11. The quantitative estimate of drug-likeness (QED) is 0.770. The number of carbonyl (C=O) groups is 1. The van der Waals surface area contributed by atoms with E-state index in [-0.39, 0.29) is 17.6 Å². The number of aromatic nitrogens is 2. The first-order valence-corrected chi connectivity index (χ1v) is 11.5. The van der Waals surface area contributed by atoms with E-state index in [2.05, 4.69) is 14.9 Å². The van der Waals surface area contributed by atoms with Crippen LogP contribution < -0.4 is 0 Å². The Labute approximate surface area is 172 Å². The molecule has 6 atom stereocenters. The second kappa shape index (κ2) is 7.06. The first-order chi connectivity index (χ1) is 14.2. The molecule has 7 nitrogen and oxygen atoms in total. The van der Waals surface area contributed by atoms with Crippen LogP contribution in [0.5, 0.6) is 0 Å². The normalized spacial score (nSPS) is 41.5. The lowest BCUT2D eigenvalue weighted by Crippen LogP contribution is -2.61. The number of ether oxygens (including phenoxy) is 2. The van der Waals surface area contributed by atoms with Gasteiger partial charge in [-0.05, 0) is 51.0 Å². The molecule has 0 aromatic carbocycles. The van der Waals surface area contributed by atoms with Gasteiger partial charge in [0.05, 0.1) is 36.9 Å². The van der Waals surface area contributed by atoms with Gasteiger partial charge in [0.25, 0.3) is 0 Å². The van der Waals surface area contributed by atoms with Crippen LogP contribution in [0.2, 0.25) is 0 Å². The monoisotopic (exact) mass is 400 g/mol. The van der Waals surface area contributed by atoms with Crippen LogP contribution in [0.25, 0.3) is 0 Å². The predicted molar refractivity (Wildman–Crippen MR) is 106 cm³/mol. The highest BCUT2D eigenvalue weighted by Gasteiger charge is 2.52. The Morgan fingerprint density at radius 2 is 2.00 bits per heavy atom. The summed E-state index contributed by atoms with van der Waals surface area (Å²) >= 11 is 0. The molecule has 0 N–H and O–H groups in total. The molecular formula is C22H32N4O3. The summed E-state index contributed by atoms with van der Waals surface area (Å²) in [6.45, 7) is 4.20. The fourth-order valence-electron chi connectivity index (χ4n) is 6.82. The number of hydrogen-bond acceptors (Lipinski definition) is 5. The third kappa shape index (κ3) is 3.22. The molecule has 29 heavy (non-hydrogen) atoms. The number of carbonyl (C=O) groups excluding carboxylic acids is 1. The molecule has 1 aromatic heterocycles. The number of hydrogen-bond donors (Lipinski definition) is 0. The summed E-state index contributed by atoms with van der Waals surface area (Å²) in [5, 5.41) is 4.35. The van der Waals surface area contributed by atoms with Crippen molar-refractivity contribution in [3.63, 3.8) is 0 Å². The second-order valence-electron chi connectivity index (χ2n) is 9.81. The number of piperidine rings is 1. The first kappa shape index (κ1) is 18.3. The van der Waals surface area contributed by atoms with E-state index in [1.54, 1.807) is 0 Å². The van der Waals surface area contributed by atoms with Gasteiger partial charge in [0.2, 0.25) is 5.91 Å². The molecule has 5 saturated heterocycles. The fraction of sp³-hybridized carbons (Fsp3) is 0.818. The lowest BCUT2D eigenvalue weighted by molar-refractivity contribution is -0.170. The van der Waals surface area contributed by atoms with Gasteiger partial charge < -0.3 is 14.4 Å². The third-order valence-electron chi connectivity index (χ3n) is 8.12. The van der Waals surface area contributed by atoms with Gasteiger partial charge in [-0.1, -0.05) is 0 Å². The molecule has 6 rings (SSSR count). The van der Waals surface area contributed by atoms with Crippen molar-refractivity contribution in [3.8, 4) is 0 Å². The Morgan fingerprint density at radius 3 is 2.69 bits per heavy atom. The average molecular weight is 401 g/mol. The smallest absolute Gasteiger partial charge is 0.228 e. The van der Waals surface area contributed by atoms with Crippen LogP contribution in [0.15, 0.2) is 18.5 Å². The minimum atomic E-state index is -0.138. The Kier molecular flexibility index (Phi) is 4.47. The molecule has 1 amide bonds. The largest absolute Gasteiger partial charge is 0.374 e. The molecule has 1 unspecified atom stereocenters. The zero-order chi connectivity index (χ0) is 19.4. The van der Waals surface area contributed by atoms with Gasteiger partial charge in [0.15, 0.2) is 0 Å². The van der Waals surface area contributed by atoms with Gasteiger partial charge in [-0.2, -0.15) is 5.10 Å². The number of fused-ring (bicyclic) bond motifs is 4. The van der Waals surface area contributed by atoms with Crippen LogP contribution in [0.3, 0.4) is 0 Å². The van der Waals surface area contributed by atoms with Crippen molar-refractivity contribution in [2.24, 2.45) is 5.92 Å². The standard InChI is InChI=1S/C22H32N4O3/c27-21(19-12-18-4-5-20(19)29-18)24-10-11-28-22(15-24)13-16-2-3-17(14-22)26(16)9-8-25-7-1-6-23-25/h1,6-7,16-20H,2-5,8-15H2/t16-,17+,18-,19-,20+,22?/m0/s1. The molecule has 1 aromatic rings. The molecule has 0 saturated carbocycles. The van der Waals surface area contributed by atoms with Crippen LogP contribution >= 0.6 is 0 Å². The van der Waals surface area contributed by atoms with Crippen molar-refractivity contribution in [1.82, 2.24) is 19.6 Å². The molecule has 0 radical (unpaired) electrons. The van der Waals surface area contributed by atoms with Crippen molar-refractivity contribution in [2.45, 2.75) is 81.4 Å². The minimum Gasteiger partial charge on any atom is -0.374 e.